The minimum atomic E-state index is -0.250. The predicted octanol–water partition coefficient (Wildman–Crippen LogP) is 1.77. The largest absolute Gasteiger partial charge is 0.497 e. The number of rotatable bonds is 3. The quantitative estimate of drug-likeness (QED) is 0.851. The first-order valence-corrected chi connectivity index (χ1v) is 7.44. The summed E-state index contributed by atoms with van der Waals surface area (Å²) in [4.78, 5) is 14.3. The molecule has 2 unspecified atom stereocenters. The molecule has 5 heteroatoms. The van der Waals surface area contributed by atoms with E-state index in [-0.39, 0.29) is 18.1 Å². The van der Waals surface area contributed by atoms with Gasteiger partial charge in [0.25, 0.3) is 5.91 Å². The fraction of sp³-hybridized carbons (Fsp3) is 0.562. The highest BCUT2D eigenvalue weighted by molar-refractivity contribution is 5.81. The Morgan fingerprint density at radius 2 is 2.05 bits per heavy atom. The van der Waals surface area contributed by atoms with Gasteiger partial charge in [0.15, 0.2) is 0 Å². The van der Waals surface area contributed by atoms with Gasteiger partial charge in [0.1, 0.15) is 18.0 Å². The van der Waals surface area contributed by atoms with Crippen LogP contribution in [0.4, 0.5) is 0 Å². The average Bonchev–Trinajstić information content (AvgIpc) is 3.09. The zero-order chi connectivity index (χ0) is 14.7. The molecule has 0 radical (unpaired) electrons. The third-order valence-corrected chi connectivity index (χ3v) is 4.07. The second-order valence-corrected chi connectivity index (χ2v) is 5.42. The lowest BCUT2D eigenvalue weighted by Gasteiger charge is -2.34. The number of amides is 1. The monoisotopic (exact) mass is 291 g/mol. The van der Waals surface area contributed by atoms with Gasteiger partial charge in [0.05, 0.1) is 20.3 Å². The van der Waals surface area contributed by atoms with Crippen LogP contribution in [0.3, 0.4) is 0 Å². The molecule has 1 aromatic rings. The maximum Gasteiger partial charge on any atom is 0.251 e. The molecule has 1 aromatic carbocycles. The smallest absolute Gasteiger partial charge is 0.251 e. The third kappa shape index (κ3) is 3.19. The van der Waals surface area contributed by atoms with Crippen LogP contribution in [0.1, 0.15) is 24.5 Å². The van der Waals surface area contributed by atoms with E-state index in [9.17, 15) is 4.79 Å². The summed E-state index contributed by atoms with van der Waals surface area (Å²) in [7, 11) is 1.65. The van der Waals surface area contributed by atoms with Crippen molar-refractivity contribution in [1.29, 1.82) is 0 Å². The Kier molecular flexibility index (Phi) is 4.41. The lowest BCUT2D eigenvalue weighted by atomic mass is 10.1. The van der Waals surface area contributed by atoms with E-state index in [0.29, 0.717) is 26.3 Å². The fourth-order valence-corrected chi connectivity index (χ4v) is 2.85. The van der Waals surface area contributed by atoms with E-state index in [0.717, 1.165) is 24.2 Å². The van der Waals surface area contributed by atoms with Gasteiger partial charge in [-0.05, 0) is 30.5 Å². The topological polar surface area (TPSA) is 48.0 Å². The molecular formula is C16H21NO4. The van der Waals surface area contributed by atoms with Crippen molar-refractivity contribution in [3.8, 4) is 5.75 Å². The van der Waals surface area contributed by atoms with E-state index in [1.54, 1.807) is 7.11 Å². The van der Waals surface area contributed by atoms with Crippen molar-refractivity contribution in [2.24, 2.45) is 0 Å². The predicted molar refractivity (Wildman–Crippen MR) is 77.2 cm³/mol. The van der Waals surface area contributed by atoms with Crippen molar-refractivity contribution < 1.29 is 19.0 Å². The van der Waals surface area contributed by atoms with Gasteiger partial charge in [-0.2, -0.15) is 0 Å². The Hall–Kier alpha value is -1.59. The number of hydrogen-bond donors (Lipinski definition) is 0. The molecule has 0 saturated carbocycles. The maximum atomic E-state index is 12.4. The highest BCUT2D eigenvalue weighted by atomic mass is 16.5. The van der Waals surface area contributed by atoms with Crippen LogP contribution in [0.15, 0.2) is 24.3 Å². The van der Waals surface area contributed by atoms with Crippen LogP contribution in [0.5, 0.6) is 5.75 Å². The van der Waals surface area contributed by atoms with E-state index in [1.807, 2.05) is 29.2 Å². The summed E-state index contributed by atoms with van der Waals surface area (Å²) < 4.78 is 16.5. The van der Waals surface area contributed by atoms with Crippen molar-refractivity contribution in [3.05, 3.63) is 29.8 Å². The van der Waals surface area contributed by atoms with Crippen molar-refractivity contribution >= 4 is 5.91 Å². The first-order chi connectivity index (χ1) is 10.3. The first-order valence-electron chi connectivity index (χ1n) is 7.44. The van der Waals surface area contributed by atoms with E-state index >= 15 is 0 Å². The minimum absolute atomic E-state index is 0.0741. The molecule has 2 aliphatic heterocycles. The van der Waals surface area contributed by atoms with Crippen LogP contribution >= 0.6 is 0 Å². The van der Waals surface area contributed by atoms with Gasteiger partial charge in [-0.3, -0.25) is 4.79 Å². The van der Waals surface area contributed by atoms with Gasteiger partial charge in [-0.15, -0.1) is 0 Å². The highest BCUT2D eigenvalue weighted by Gasteiger charge is 2.32. The number of ether oxygens (including phenoxy) is 3. The molecule has 2 fully saturated rings. The molecule has 1 amide bonds. The van der Waals surface area contributed by atoms with Crippen LogP contribution in [0, 0.1) is 0 Å². The van der Waals surface area contributed by atoms with Crippen LogP contribution < -0.4 is 4.74 Å². The minimum Gasteiger partial charge on any atom is -0.497 e. The molecule has 2 aliphatic rings. The molecule has 5 nitrogen and oxygen atoms in total. The number of hydrogen-bond acceptors (Lipinski definition) is 4. The first kappa shape index (κ1) is 14.4. The third-order valence-electron chi connectivity index (χ3n) is 4.07. The molecule has 3 rings (SSSR count). The molecule has 0 N–H and O–H groups in total. The number of carbonyl (C=O) groups is 1. The zero-order valence-electron chi connectivity index (χ0n) is 12.3. The number of morpholine rings is 1. The molecule has 0 spiro atoms. The summed E-state index contributed by atoms with van der Waals surface area (Å²) in [5.41, 5.74) is 1.07. The molecule has 21 heavy (non-hydrogen) atoms. The number of methoxy groups -OCH3 is 1. The second kappa shape index (κ2) is 6.45. The standard InChI is InChI=1S/C16H21NO4/c1-19-13-6-4-12(5-7-13)15-11-17(8-10-21-15)16(18)14-3-2-9-20-14/h4-7,14-15H,2-3,8-11H2,1H3. The number of benzene rings is 1. The van der Waals surface area contributed by atoms with Crippen LogP contribution in [0.2, 0.25) is 0 Å². The molecule has 2 heterocycles. The average molecular weight is 291 g/mol. The Morgan fingerprint density at radius 3 is 2.71 bits per heavy atom. The molecule has 114 valence electrons. The van der Waals surface area contributed by atoms with Crippen molar-refractivity contribution in [2.45, 2.75) is 25.0 Å². The van der Waals surface area contributed by atoms with Crippen molar-refractivity contribution in [3.63, 3.8) is 0 Å². The Labute approximate surface area is 124 Å². The highest BCUT2D eigenvalue weighted by Crippen LogP contribution is 2.25. The van der Waals surface area contributed by atoms with Crippen LogP contribution in [-0.2, 0) is 14.3 Å². The Bertz CT molecular complexity index is 482. The summed E-state index contributed by atoms with van der Waals surface area (Å²) in [6, 6.07) is 7.81. The molecule has 0 aromatic heterocycles. The van der Waals surface area contributed by atoms with Gasteiger partial charge in [-0.1, -0.05) is 12.1 Å². The summed E-state index contributed by atoms with van der Waals surface area (Å²) in [6.45, 7) is 2.49. The molecule has 0 bridgehead atoms. The van der Waals surface area contributed by atoms with Gasteiger partial charge in [-0.25, -0.2) is 0 Å². The van der Waals surface area contributed by atoms with Gasteiger partial charge < -0.3 is 19.1 Å². The normalized spacial score (nSPS) is 25.9. The van der Waals surface area contributed by atoms with Crippen LogP contribution in [-0.4, -0.2) is 50.3 Å². The van der Waals surface area contributed by atoms with E-state index in [4.69, 9.17) is 14.2 Å². The molecular weight excluding hydrogens is 270 g/mol. The molecule has 0 aliphatic carbocycles. The summed E-state index contributed by atoms with van der Waals surface area (Å²) in [5, 5.41) is 0. The number of carbonyl (C=O) groups excluding carboxylic acids is 1. The van der Waals surface area contributed by atoms with Gasteiger partial charge in [0.2, 0.25) is 0 Å². The lowest BCUT2D eigenvalue weighted by molar-refractivity contribution is -0.148. The van der Waals surface area contributed by atoms with Crippen molar-refractivity contribution in [2.75, 3.05) is 33.4 Å². The number of nitrogens with zero attached hydrogens (tertiary/aromatic N) is 1. The van der Waals surface area contributed by atoms with Crippen molar-refractivity contribution in [1.82, 2.24) is 4.90 Å². The lowest BCUT2D eigenvalue weighted by Crippen LogP contribution is -2.46. The summed E-state index contributed by atoms with van der Waals surface area (Å²) in [5.74, 6) is 0.927. The zero-order valence-corrected chi connectivity index (χ0v) is 12.3. The summed E-state index contributed by atoms with van der Waals surface area (Å²) in [6.07, 6.45) is 1.49. The second-order valence-electron chi connectivity index (χ2n) is 5.42. The Balaban J connectivity index is 1.65. The Morgan fingerprint density at radius 1 is 1.24 bits per heavy atom. The maximum absolute atomic E-state index is 12.4. The van der Waals surface area contributed by atoms with E-state index < -0.39 is 0 Å². The van der Waals surface area contributed by atoms with Gasteiger partial charge in [0, 0.05) is 13.2 Å². The molecule has 2 atom stereocenters. The molecule has 2 saturated heterocycles. The van der Waals surface area contributed by atoms with Gasteiger partial charge >= 0.3 is 0 Å². The SMILES string of the molecule is COc1ccc(C2CN(C(=O)C3CCCO3)CCO2)cc1. The van der Waals surface area contributed by atoms with Crippen LogP contribution in [0.25, 0.3) is 0 Å². The summed E-state index contributed by atoms with van der Waals surface area (Å²) >= 11 is 0. The fourth-order valence-electron chi connectivity index (χ4n) is 2.85. The van der Waals surface area contributed by atoms with E-state index in [1.165, 1.54) is 0 Å². The van der Waals surface area contributed by atoms with E-state index in [2.05, 4.69) is 0 Å².